The predicted octanol–water partition coefficient (Wildman–Crippen LogP) is 1.09. The fraction of sp³-hybridized carbons (Fsp3) is 0.333. The Hall–Kier alpha value is -3.40. The van der Waals surface area contributed by atoms with Crippen molar-refractivity contribution in [2.24, 2.45) is 0 Å². The molecule has 0 spiro atoms. The molecular weight excluding hydrogens is 360 g/mol. The number of aromatic nitrogens is 5. The van der Waals surface area contributed by atoms with Crippen molar-refractivity contribution in [3.63, 3.8) is 0 Å². The Bertz CT molecular complexity index is 995. The third-order valence-corrected chi connectivity index (χ3v) is 4.65. The van der Waals surface area contributed by atoms with E-state index in [1.165, 1.54) is 6.08 Å². The summed E-state index contributed by atoms with van der Waals surface area (Å²) in [5, 5.41) is 20.6. The maximum absolute atomic E-state index is 11.8. The fourth-order valence-electron chi connectivity index (χ4n) is 3.29. The van der Waals surface area contributed by atoms with E-state index in [4.69, 9.17) is 5.11 Å². The topological polar surface area (TPSA) is 124 Å². The minimum atomic E-state index is -0.0546. The van der Waals surface area contributed by atoms with E-state index in [0.717, 1.165) is 17.5 Å². The first-order chi connectivity index (χ1) is 13.7. The second-order valence-electron chi connectivity index (χ2n) is 6.59. The SMILES string of the molecule is C=CC(=O)N1CC[C@H](Nc2nc(Nc3cnn(CCO)c3)nc3[nH]ccc23)C1. The van der Waals surface area contributed by atoms with Gasteiger partial charge in [0.05, 0.1) is 30.4 Å². The molecule has 4 N–H and O–H groups in total. The molecule has 4 heterocycles. The number of aliphatic hydroxyl groups excluding tert-OH is 1. The molecule has 28 heavy (non-hydrogen) atoms. The Labute approximate surface area is 161 Å². The summed E-state index contributed by atoms with van der Waals surface area (Å²) in [6.07, 6.45) is 7.43. The predicted molar refractivity (Wildman–Crippen MR) is 105 cm³/mol. The van der Waals surface area contributed by atoms with Crippen molar-refractivity contribution in [2.45, 2.75) is 19.0 Å². The van der Waals surface area contributed by atoms with Crippen molar-refractivity contribution in [3.05, 3.63) is 37.3 Å². The van der Waals surface area contributed by atoms with Crippen LogP contribution in [0.1, 0.15) is 6.42 Å². The van der Waals surface area contributed by atoms with Crippen LogP contribution in [-0.2, 0) is 11.3 Å². The summed E-state index contributed by atoms with van der Waals surface area (Å²) in [6.45, 7) is 5.29. The van der Waals surface area contributed by atoms with Gasteiger partial charge in [0.2, 0.25) is 11.9 Å². The molecule has 1 saturated heterocycles. The lowest BCUT2D eigenvalue weighted by molar-refractivity contribution is -0.125. The van der Waals surface area contributed by atoms with E-state index in [0.29, 0.717) is 37.0 Å². The number of rotatable bonds is 7. The molecule has 1 aliphatic heterocycles. The van der Waals surface area contributed by atoms with Gasteiger partial charge in [-0.05, 0) is 18.6 Å². The van der Waals surface area contributed by atoms with Gasteiger partial charge in [-0.15, -0.1) is 0 Å². The molecule has 1 amide bonds. The molecule has 1 atom stereocenters. The van der Waals surface area contributed by atoms with E-state index in [9.17, 15) is 4.79 Å². The number of hydrogen-bond acceptors (Lipinski definition) is 7. The van der Waals surface area contributed by atoms with Crippen molar-refractivity contribution >= 4 is 34.4 Å². The van der Waals surface area contributed by atoms with Crippen LogP contribution in [-0.4, -0.2) is 66.4 Å². The summed E-state index contributed by atoms with van der Waals surface area (Å²) in [4.78, 5) is 25.8. The number of nitrogens with one attached hydrogen (secondary N) is 3. The van der Waals surface area contributed by atoms with E-state index in [-0.39, 0.29) is 18.6 Å². The van der Waals surface area contributed by atoms with E-state index in [1.807, 2.05) is 12.3 Å². The molecular formula is C18H22N8O2. The highest BCUT2D eigenvalue weighted by Crippen LogP contribution is 2.25. The minimum Gasteiger partial charge on any atom is -0.394 e. The molecule has 3 aromatic rings. The molecule has 0 aliphatic carbocycles. The number of hydrogen-bond donors (Lipinski definition) is 4. The van der Waals surface area contributed by atoms with E-state index in [1.54, 1.807) is 22.0 Å². The van der Waals surface area contributed by atoms with Gasteiger partial charge in [0, 0.05) is 31.5 Å². The highest BCUT2D eigenvalue weighted by Gasteiger charge is 2.25. The van der Waals surface area contributed by atoms with Crippen molar-refractivity contribution < 1.29 is 9.90 Å². The van der Waals surface area contributed by atoms with Crippen molar-refractivity contribution in [1.82, 2.24) is 29.6 Å². The van der Waals surface area contributed by atoms with Crippen LogP contribution in [0.15, 0.2) is 37.3 Å². The highest BCUT2D eigenvalue weighted by molar-refractivity contribution is 5.89. The van der Waals surface area contributed by atoms with Gasteiger partial charge < -0.3 is 25.6 Å². The lowest BCUT2D eigenvalue weighted by atomic mass is 10.2. The van der Waals surface area contributed by atoms with Crippen molar-refractivity contribution in [1.29, 1.82) is 0 Å². The third-order valence-electron chi connectivity index (χ3n) is 4.65. The molecule has 4 rings (SSSR count). The Morgan fingerprint density at radius 1 is 1.46 bits per heavy atom. The van der Waals surface area contributed by atoms with Crippen LogP contribution in [0.5, 0.6) is 0 Å². The fourth-order valence-corrected chi connectivity index (χ4v) is 3.29. The Kier molecular flexibility index (Phi) is 4.94. The third kappa shape index (κ3) is 3.67. The summed E-state index contributed by atoms with van der Waals surface area (Å²) in [5.74, 6) is 1.08. The number of amides is 1. The molecule has 1 aliphatic rings. The van der Waals surface area contributed by atoms with Gasteiger partial charge in [-0.1, -0.05) is 6.58 Å². The maximum Gasteiger partial charge on any atom is 0.246 e. The highest BCUT2D eigenvalue weighted by atomic mass is 16.3. The average molecular weight is 382 g/mol. The molecule has 3 aromatic heterocycles. The zero-order valence-corrected chi connectivity index (χ0v) is 15.3. The first kappa shape index (κ1) is 18.0. The summed E-state index contributed by atoms with van der Waals surface area (Å²) in [5.41, 5.74) is 1.44. The van der Waals surface area contributed by atoms with Crippen LogP contribution in [0.25, 0.3) is 11.0 Å². The standard InChI is InChI=1S/C18H22N8O2/c1-2-15(28)25-6-4-12(10-25)21-17-14-3-5-19-16(14)23-18(24-17)22-13-9-20-26(11-13)7-8-27/h2-3,5,9,11-12,27H,1,4,6-8,10H2,(H3,19,21,22,23,24)/t12-/m0/s1. The summed E-state index contributed by atoms with van der Waals surface area (Å²) < 4.78 is 1.64. The quantitative estimate of drug-likeness (QED) is 0.451. The van der Waals surface area contributed by atoms with Gasteiger partial charge >= 0.3 is 0 Å². The Morgan fingerprint density at radius 3 is 3.18 bits per heavy atom. The second-order valence-corrected chi connectivity index (χ2v) is 6.59. The molecule has 10 nitrogen and oxygen atoms in total. The van der Waals surface area contributed by atoms with Crippen LogP contribution in [0.3, 0.4) is 0 Å². The van der Waals surface area contributed by atoms with Crippen LogP contribution < -0.4 is 10.6 Å². The Balaban J connectivity index is 1.53. The van der Waals surface area contributed by atoms with Crippen LogP contribution in [0.2, 0.25) is 0 Å². The maximum atomic E-state index is 11.8. The summed E-state index contributed by atoms with van der Waals surface area (Å²) in [7, 11) is 0. The minimum absolute atomic E-state index is 0.0207. The average Bonchev–Trinajstić information content (AvgIpc) is 3.42. The lowest BCUT2D eigenvalue weighted by Gasteiger charge is -2.16. The number of aromatic amines is 1. The number of aliphatic hydroxyl groups is 1. The number of carbonyl (C=O) groups excluding carboxylic acids is 1. The van der Waals surface area contributed by atoms with E-state index >= 15 is 0 Å². The number of nitrogens with zero attached hydrogens (tertiary/aromatic N) is 5. The van der Waals surface area contributed by atoms with Gasteiger partial charge in [0.1, 0.15) is 11.5 Å². The summed E-state index contributed by atoms with van der Waals surface area (Å²) in [6, 6.07) is 2.03. The van der Waals surface area contributed by atoms with E-state index in [2.05, 4.69) is 37.3 Å². The number of carbonyl (C=O) groups is 1. The molecule has 0 radical (unpaired) electrons. The molecule has 0 saturated carbocycles. The molecule has 0 bridgehead atoms. The Morgan fingerprint density at radius 2 is 2.36 bits per heavy atom. The zero-order chi connectivity index (χ0) is 19.5. The monoisotopic (exact) mass is 382 g/mol. The second kappa shape index (κ2) is 7.69. The van der Waals surface area contributed by atoms with Crippen LogP contribution in [0, 0.1) is 0 Å². The van der Waals surface area contributed by atoms with Gasteiger partial charge in [0.25, 0.3) is 0 Å². The number of likely N-dealkylation sites (tertiary alicyclic amines) is 1. The lowest BCUT2D eigenvalue weighted by Crippen LogP contribution is -2.30. The molecule has 1 fully saturated rings. The van der Waals surface area contributed by atoms with Gasteiger partial charge in [0.15, 0.2) is 0 Å². The van der Waals surface area contributed by atoms with Gasteiger partial charge in [-0.2, -0.15) is 15.1 Å². The zero-order valence-electron chi connectivity index (χ0n) is 15.3. The number of fused-ring (bicyclic) bond motifs is 1. The molecule has 0 unspecified atom stereocenters. The van der Waals surface area contributed by atoms with Crippen molar-refractivity contribution in [2.75, 3.05) is 30.3 Å². The molecule has 10 heteroatoms. The van der Waals surface area contributed by atoms with Crippen LogP contribution in [0.4, 0.5) is 17.5 Å². The number of anilines is 3. The first-order valence-electron chi connectivity index (χ1n) is 9.09. The summed E-state index contributed by atoms with van der Waals surface area (Å²) >= 11 is 0. The normalized spacial score (nSPS) is 16.5. The largest absolute Gasteiger partial charge is 0.394 e. The first-order valence-corrected chi connectivity index (χ1v) is 9.09. The molecule has 146 valence electrons. The van der Waals surface area contributed by atoms with Gasteiger partial charge in [-0.3, -0.25) is 9.48 Å². The smallest absolute Gasteiger partial charge is 0.246 e. The number of H-pyrrole nitrogens is 1. The van der Waals surface area contributed by atoms with Gasteiger partial charge in [-0.25, -0.2) is 0 Å². The van der Waals surface area contributed by atoms with Crippen LogP contribution >= 0.6 is 0 Å². The molecule has 0 aromatic carbocycles. The van der Waals surface area contributed by atoms with E-state index < -0.39 is 0 Å². The van der Waals surface area contributed by atoms with Crippen molar-refractivity contribution in [3.8, 4) is 0 Å².